The van der Waals surface area contributed by atoms with Gasteiger partial charge in [0.1, 0.15) is 24.2 Å². The van der Waals surface area contributed by atoms with Crippen LogP contribution < -0.4 is 9.47 Å². The first-order chi connectivity index (χ1) is 9.78. The summed E-state index contributed by atoms with van der Waals surface area (Å²) in [5, 5.41) is 10.1. The smallest absolute Gasteiger partial charge is 0.123 e. The molecule has 1 aliphatic rings. The molecule has 1 atom stereocenters. The molecule has 0 spiro atoms. The van der Waals surface area contributed by atoms with Crippen molar-refractivity contribution < 1.29 is 14.6 Å². The Labute approximate surface area is 121 Å². The van der Waals surface area contributed by atoms with Crippen molar-refractivity contribution in [3.63, 3.8) is 0 Å². The Hall–Kier alpha value is -1.26. The lowest BCUT2D eigenvalue weighted by molar-refractivity contribution is 0.0693. The van der Waals surface area contributed by atoms with Crippen molar-refractivity contribution in [1.82, 2.24) is 4.90 Å². The summed E-state index contributed by atoms with van der Waals surface area (Å²) in [6, 6.07) is 7.47. The summed E-state index contributed by atoms with van der Waals surface area (Å²) in [5.74, 6) is 1.50. The number of methoxy groups -OCH3 is 1. The van der Waals surface area contributed by atoms with Gasteiger partial charge in [0.25, 0.3) is 0 Å². The maximum atomic E-state index is 10.1. The summed E-state index contributed by atoms with van der Waals surface area (Å²) >= 11 is 0. The number of benzene rings is 1. The van der Waals surface area contributed by atoms with Crippen molar-refractivity contribution in [3.05, 3.63) is 24.3 Å². The van der Waals surface area contributed by atoms with Gasteiger partial charge in [-0.3, -0.25) is 0 Å². The minimum absolute atomic E-state index is 0.323. The van der Waals surface area contributed by atoms with E-state index in [1.807, 2.05) is 24.3 Å². The fraction of sp³-hybridized carbons (Fsp3) is 0.625. The first-order valence-electron chi connectivity index (χ1n) is 7.45. The van der Waals surface area contributed by atoms with E-state index in [9.17, 15) is 5.11 Å². The molecule has 0 bridgehead atoms. The highest BCUT2D eigenvalue weighted by Gasteiger charge is 2.14. The molecule has 0 aliphatic carbocycles. The zero-order chi connectivity index (χ0) is 14.2. The molecule has 0 aromatic heterocycles. The van der Waals surface area contributed by atoms with Crippen molar-refractivity contribution in [1.29, 1.82) is 0 Å². The molecule has 0 saturated carbocycles. The van der Waals surface area contributed by atoms with Crippen LogP contribution in [0.25, 0.3) is 0 Å². The van der Waals surface area contributed by atoms with Gasteiger partial charge in [-0.1, -0.05) is 18.9 Å². The zero-order valence-electron chi connectivity index (χ0n) is 12.3. The number of β-amino-alcohol motifs (C(OH)–C–C–N with tert-alkyl or cyclic N) is 1. The molecule has 0 radical (unpaired) electrons. The summed E-state index contributed by atoms with van der Waals surface area (Å²) in [6.45, 7) is 3.21. The normalized spacial score (nSPS) is 18.3. The Kier molecular flexibility index (Phi) is 6.15. The summed E-state index contributed by atoms with van der Waals surface area (Å²) in [5.41, 5.74) is 0. The summed E-state index contributed by atoms with van der Waals surface area (Å²) < 4.78 is 10.8. The van der Waals surface area contributed by atoms with Gasteiger partial charge in [-0.15, -0.1) is 0 Å². The van der Waals surface area contributed by atoms with Gasteiger partial charge in [-0.25, -0.2) is 0 Å². The number of hydrogen-bond donors (Lipinski definition) is 1. The van der Waals surface area contributed by atoms with Crippen LogP contribution in [0.3, 0.4) is 0 Å². The number of hydrogen-bond acceptors (Lipinski definition) is 4. The van der Waals surface area contributed by atoms with Gasteiger partial charge in [-0.2, -0.15) is 0 Å². The average molecular weight is 279 g/mol. The highest BCUT2D eigenvalue weighted by atomic mass is 16.5. The third kappa shape index (κ3) is 5.02. The Morgan fingerprint density at radius 1 is 1.15 bits per heavy atom. The van der Waals surface area contributed by atoms with Crippen molar-refractivity contribution in [3.8, 4) is 11.5 Å². The largest absolute Gasteiger partial charge is 0.497 e. The number of aliphatic hydroxyl groups is 1. The number of ether oxygens (including phenoxy) is 2. The van der Waals surface area contributed by atoms with E-state index in [1.54, 1.807) is 7.11 Å². The van der Waals surface area contributed by atoms with E-state index in [2.05, 4.69) is 4.90 Å². The molecule has 1 aromatic rings. The first-order valence-corrected chi connectivity index (χ1v) is 7.45. The van der Waals surface area contributed by atoms with E-state index < -0.39 is 6.10 Å². The van der Waals surface area contributed by atoms with Crippen LogP contribution in [0.1, 0.15) is 25.7 Å². The monoisotopic (exact) mass is 279 g/mol. The maximum absolute atomic E-state index is 10.1. The van der Waals surface area contributed by atoms with Gasteiger partial charge in [0.2, 0.25) is 0 Å². The number of aliphatic hydroxyl groups excluding tert-OH is 1. The van der Waals surface area contributed by atoms with E-state index >= 15 is 0 Å². The lowest BCUT2D eigenvalue weighted by Gasteiger charge is -2.23. The standard InChI is InChI=1S/C16H25NO3/c1-19-15-7-6-8-16(11-15)20-13-14(18)12-17-9-4-2-3-5-10-17/h6-8,11,14,18H,2-5,9-10,12-13H2,1H3/t14-/m0/s1. The van der Waals surface area contributed by atoms with Crippen molar-refractivity contribution in [2.45, 2.75) is 31.8 Å². The molecule has 4 nitrogen and oxygen atoms in total. The van der Waals surface area contributed by atoms with E-state index in [-0.39, 0.29) is 0 Å². The zero-order valence-corrected chi connectivity index (χ0v) is 12.3. The SMILES string of the molecule is COc1cccc(OC[C@@H](O)CN2CCCCCC2)c1. The molecule has 1 heterocycles. The molecule has 20 heavy (non-hydrogen) atoms. The molecular weight excluding hydrogens is 254 g/mol. The summed E-state index contributed by atoms with van der Waals surface area (Å²) in [6.07, 6.45) is 4.66. The molecule has 1 fully saturated rings. The molecule has 112 valence electrons. The predicted molar refractivity (Wildman–Crippen MR) is 79.4 cm³/mol. The Morgan fingerprint density at radius 3 is 2.55 bits per heavy atom. The Balaban J connectivity index is 1.74. The second kappa shape index (κ2) is 8.12. The van der Waals surface area contributed by atoms with Gasteiger partial charge in [0.15, 0.2) is 0 Å². The van der Waals surface area contributed by atoms with Crippen LogP contribution in [0.4, 0.5) is 0 Å². The van der Waals surface area contributed by atoms with Crippen molar-refractivity contribution in [2.75, 3.05) is 33.4 Å². The number of rotatable bonds is 6. The van der Waals surface area contributed by atoms with Crippen LogP contribution in [0.15, 0.2) is 24.3 Å². The average Bonchev–Trinajstić information content (AvgIpc) is 2.74. The van der Waals surface area contributed by atoms with Gasteiger partial charge < -0.3 is 19.5 Å². The molecule has 1 N–H and O–H groups in total. The fourth-order valence-corrected chi connectivity index (χ4v) is 2.55. The van der Waals surface area contributed by atoms with Gasteiger partial charge in [0, 0.05) is 12.6 Å². The molecule has 2 rings (SSSR count). The third-order valence-electron chi connectivity index (χ3n) is 3.65. The molecule has 1 aromatic carbocycles. The maximum Gasteiger partial charge on any atom is 0.123 e. The van der Waals surface area contributed by atoms with Gasteiger partial charge >= 0.3 is 0 Å². The summed E-state index contributed by atoms with van der Waals surface area (Å²) in [7, 11) is 1.63. The second-order valence-electron chi connectivity index (χ2n) is 5.36. The number of likely N-dealkylation sites (tertiary alicyclic amines) is 1. The van der Waals surface area contributed by atoms with Crippen molar-refractivity contribution >= 4 is 0 Å². The molecular formula is C16H25NO3. The van der Waals surface area contributed by atoms with Crippen LogP contribution in [0.5, 0.6) is 11.5 Å². The molecule has 1 saturated heterocycles. The lowest BCUT2D eigenvalue weighted by Crippen LogP contribution is -2.36. The minimum Gasteiger partial charge on any atom is -0.497 e. The quantitative estimate of drug-likeness (QED) is 0.867. The third-order valence-corrected chi connectivity index (χ3v) is 3.65. The Bertz CT molecular complexity index is 389. The van der Waals surface area contributed by atoms with Crippen molar-refractivity contribution in [2.24, 2.45) is 0 Å². The van der Waals surface area contributed by atoms with E-state index in [0.717, 1.165) is 24.6 Å². The van der Waals surface area contributed by atoms with Crippen LogP contribution >= 0.6 is 0 Å². The molecule has 1 aliphatic heterocycles. The van der Waals surface area contributed by atoms with E-state index in [4.69, 9.17) is 9.47 Å². The Morgan fingerprint density at radius 2 is 1.85 bits per heavy atom. The lowest BCUT2D eigenvalue weighted by atomic mass is 10.2. The first kappa shape index (κ1) is 15.1. The van der Waals surface area contributed by atoms with Crippen LogP contribution in [-0.2, 0) is 0 Å². The van der Waals surface area contributed by atoms with Gasteiger partial charge in [0.05, 0.1) is 7.11 Å². The summed E-state index contributed by atoms with van der Waals surface area (Å²) in [4.78, 5) is 2.34. The molecule has 0 unspecified atom stereocenters. The van der Waals surface area contributed by atoms with E-state index in [1.165, 1.54) is 25.7 Å². The van der Waals surface area contributed by atoms with E-state index in [0.29, 0.717) is 13.2 Å². The second-order valence-corrected chi connectivity index (χ2v) is 5.36. The predicted octanol–water partition coefficient (Wildman–Crippen LogP) is 2.31. The molecule has 0 amide bonds. The van der Waals surface area contributed by atoms with Crippen LogP contribution in [0.2, 0.25) is 0 Å². The van der Waals surface area contributed by atoms with Crippen LogP contribution in [-0.4, -0.2) is 49.5 Å². The topological polar surface area (TPSA) is 41.9 Å². The minimum atomic E-state index is -0.445. The van der Waals surface area contributed by atoms with Gasteiger partial charge in [-0.05, 0) is 38.1 Å². The fourth-order valence-electron chi connectivity index (χ4n) is 2.55. The van der Waals surface area contributed by atoms with Crippen LogP contribution in [0, 0.1) is 0 Å². The highest BCUT2D eigenvalue weighted by Crippen LogP contribution is 2.19. The molecule has 4 heteroatoms. The number of nitrogens with zero attached hydrogens (tertiary/aromatic N) is 1. The highest BCUT2D eigenvalue weighted by molar-refractivity contribution is 5.32.